The fourth-order valence-electron chi connectivity index (χ4n) is 2.38. The number of rotatable bonds is 5. The van der Waals surface area contributed by atoms with E-state index >= 15 is 0 Å². The van der Waals surface area contributed by atoms with Gasteiger partial charge in [0, 0.05) is 5.56 Å². The van der Waals surface area contributed by atoms with Gasteiger partial charge in [0.05, 0.1) is 13.2 Å². The van der Waals surface area contributed by atoms with Crippen molar-refractivity contribution in [1.29, 1.82) is 0 Å². The van der Waals surface area contributed by atoms with Crippen molar-refractivity contribution in [2.75, 3.05) is 7.11 Å². The number of amides is 1. The number of hydrogen-bond acceptors (Lipinski definition) is 2. The quantitative estimate of drug-likeness (QED) is 0.898. The van der Waals surface area contributed by atoms with Gasteiger partial charge in [0.25, 0.3) is 5.91 Å². The van der Waals surface area contributed by atoms with Crippen LogP contribution in [0.3, 0.4) is 0 Å². The molecule has 0 aliphatic rings. The number of benzene rings is 2. The van der Waals surface area contributed by atoms with Gasteiger partial charge in [0.15, 0.2) is 0 Å². The summed E-state index contributed by atoms with van der Waals surface area (Å²) < 4.78 is 5.17. The van der Waals surface area contributed by atoms with E-state index in [1.807, 2.05) is 56.3 Å². The molecule has 116 valence electrons. The molecule has 0 fully saturated rings. The molecule has 1 amide bonds. The lowest BCUT2D eigenvalue weighted by molar-refractivity contribution is 0.0935. The third-order valence-electron chi connectivity index (χ3n) is 4.00. The number of hydrogen-bond donors (Lipinski definition) is 1. The van der Waals surface area contributed by atoms with Gasteiger partial charge in [-0.25, -0.2) is 0 Å². The van der Waals surface area contributed by atoms with E-state index in [2.05, 4.69) is 12.2 Å². The highest BCUT2D eigenvalue weighted by atomic mass is 16.5. The van der Waals surface area contributed by atoms with E-state index in [-0.39, 0.29) is 11.9 Å². The topological polar surface area (TPSA) is 38.3 Å². The van der Waals surface area contributed by atoms with Crippen LogP contribution in [0.2, 0.25) is 0 Å². The first-order chi connectivity index (χ1) is 10.5. The Balaban J connectivity index is 2.14. The summed E-state index contributed by atoms with van der Waals surface area (Å²) in [6, 6.07) is 13.6. The summed E-state index contributed by atoms with van der Waals surface area (Å²) in [4.78, 5) is 12.4. The van der Waals surface area contributed by atoms with Crippen LogP contribution >= 0.6 is 0 Å². The molecule has 0 saturated carbocycles. The minimum Gasteiger partial charge on any atom is -0.497 e. The Bertz CT molecular complexity index is 647. The first-order valence-corrected chi connectivity index (χ1v) is 7.57. The van der Waals surface area contributed by atoms with Gasteiger partial charge in [-0.05, 0) is 61.2 Å². The zero-order valence-electron chi connectivity index (χ0n) is 13.6. The van der Waals surface area contributed by atoms with E-state index in [0.717, 1.165) is 23.3 Å². The summed E-state index contributed by atoms with van der Waals surface area (Å²) in [6.45, 7) is 6.13. The van der Waals surface area contributed by atoms with Gasteiger partial charge in [-0.15, -0.1) is 0 Å². The summed E-state index contributed by atoms with van der Waals surface area (Å²) >= 11 is 0. The van der Waals surface area contributed by atoms with Crippen molar-refractivity contribution in [2.24, 2.45) is 0 Å². The van der Waals surface area contributed by atoms with Gasteiger partial charge >= 0.3 is 0 Å². The molecule has 0 aromatic heterocycles. The monoisotopic (exact) mass is 297 g/mol. The lowest BCUT2D eigenvalue weighted by Gasteiger charge is -2.18. The van der Waals surface area contributed by atoms with Crippen LogP contribution in [0.1, 0.15) is 46.4 Å². The summed E-state index contributed by atoms with van der Waals surface area (Å²) in [5, 5.41) is 3.10. The van der Waals surface area contributed by atoms with Crippen LogP contribution in [-0.2, 0) is 0 Å². The van der Waals surface area contributed by atoms with Crippen molar-refractivity contribution in [3.8, 4) is 5.75 Å². The molecule has 0 saturated heterocycles. The Hall–Kier alpha value is -2.29. The van der Waals surface area contributed by atoms with E-state index in [1.54, 1.807) is 7.11 Å². The van der Waals surface area contributed by atoms with Crippen LogP contribution in [0, 0.1) is 13.8 Å². The number of nitrogens with one attached hydrogen (secondary N) is 1. The lowest BCUT2D eigenvalue weighted by Crippen LogP contribution is -2.28. The van der Waals surface area contributed by atoms with E-state index in [9.17, 15) is 4.79 Å². The molecule has 22 heavy (non-hydrogen) atoms. The molecular weight excluding hydrogens is 274 g/mol. The number of methoxy groups -OCH3 is 1. The molecule has 0 aliphatic heterocycles. The SMILES string of the molecule is CC[C@H](NC(=O)c1ccc(C)c(C)c1)c1ccc(OC)cc1. The predicted molar refractivity (Wildman–Crippen MR) is 89.4 cm³/mol. The van der Waals surface area contributed by atoms with Crippen LogP contribution in [0.4, 0.5) is 0 Å². The van der Waals surface area contributed by atoms with Gasteiger partial charge in [-0.1, -0.05) is 25.1 Å². The fourth-order valence-corrected chi connectivity index (χ4v) is 2.38. The highest BCUT2D eigenvalue weighted by molar-refractivity contribution is 5.94. The second kappa shape index (κ2) is 7.12. The predicted octanol–water partition coefficient (Wildman–Crippen LogP) is 4.19. The van der Waals surface area contributed by atoms with Crippen LogP contribution in [0.15, 0.2) is 42.5 Å². The minimum absolute atomic E-state index is 0.0000142. The number of aryl methyl sites for hydroxylation is 2. The van der Waals surface area contributed by atoms with E-state index < -0.39 is 0 Å². The third-order valence-corrected chi connectivity index (χ3v) is 4.00. The van der Waals surface area contributed by atoms with Crippen molar-refractivity contribution in [2.45, 2.75) is 33.2 Å². The first-order valence-electron chi connectivity index (χ1n) is 7.57. The maximum atomic E-state index is 12.4. The molecule has 0 unspecified atom stereocenters. The molecule has 0 bridgehead atoms. The molecule has 0 radical (unpaired) electrons. The van der Waals surface area contributed by atoms with Crippen LogP contribution < -0.4 is 10.1 Å². The number of ether oxygens (including phenoxy) is 1. The Morgan fingerprint density at radius 1 is 1.09 bits per heavy atom. The molecule has 2 aromatic carbocycles. The lowest BCUT2D eigenvalue weighted by atomic mass is 10.0. The highest BCUT2D eigenvalue weighted by Crippen LogP contribution is 2.21. The highest BCUT2D eigenvalue weighted by Gasteiger charge is 2.14. The molecule has 3 nitrogen and oxygen atoms in total. The molecule has 1 atom stereocenters. The van der Waals surface area contributed by atoms with Gasteiger partial charge in [0.2, 0.25) is 0 Å². The van der Waals surface area contributed by atoms with Crippen LogP contribution in [-0.4, -0.2) is 13.0 Å². The third kappa shape index (κ3) is 3.67. The Labute approximate surface area is 132 Å². The van der Waals surface area contributed by atoms with Gasteiger partial charge in [-0.3, -0.25) is 4.79 Å². The molecule has 0 aliphatic carbocycles. The summed E-state index contributed by atoms with van der Waals surface area (Å²) in [5.41, 5.74) is 4.11. The van der Waals surface area contributed by atoms with Crippen LogP contribution in [0.5, 0.6) is 5.75 Å². The molecule has 1 N–H and O–H groups in total. The van der Waals surface area contributed by atoms with Crippen molar-refractivity contribution in [3.63, 3.8) is 0 Å². The molecule has 2 rings (SSSR count). The molecule has 0 spiro atoms. The Morgan fingerprint density at radius 3 is 2.32 bits per heavy atom. The molecule has 0 heterocycles. The Morgan fingerprint density at radius 2 is 1.77 bits per heavy atom. The average molecular weight is 297 g/mol. The van der Waals surface area contributed by atoms with Crippen LogP contribution in [0.25, 0.3) is 0 Å². The normalized spacial score (nSPS) is 11.8. The minimum atomic E-state index is -0.0363. The van der Waals surface area contributed by atoms with E-state index in [4.69, 9.17) is 4.74 Å². The van der Waals surface area contributed by atoms with Crippen molar-refractivity contribution in [1.82, 2.24) is 5.32 Å². The van der Waals surface area contributed by atoms with Crippen molar-refractivity contribution < 1.29 is 9.53 Å². The number of carbonyl (C=O) groups excluding carboxylic acids is 1. The standard InChI is InChI=1S/C19H23NO2/c1-5-18(15-8-10-17(22-4)11-9-15)20-19(21)16-7-6-13(2)14(3)12-16/h6-12,18H,5H2,1-4H3,(H,20,21)/t18-/m0/s1. The first kappa shape index (κ1) is 16.1. The zero-order chi connectivity index (χ0) is 16.1. The second-order valence-corrected chi connectivity index (χ2v) is 5.51. The molecule has 3 heteroatoms. The van der Waals surface area contributed by atoms with E-state index in [1.165, 1.54) is 5.56 Å². The smallest absolute Gasteiger partial charge is 0.251 e. The zero-order valence-corrected chi connectivity index (χ0v) is 13.6. The largest absolute Gasteiger partial charge is 0.497 e. The van der Waals surface area contributed by atoms with Gasteiger partial charge in [-0.2, -0.15) is 0 Å². The molecular formula is C19H23NO2. The summed E-state index contributed by atoms with van der Waals surface area (Å²) in [5.74, 6) is 0.782. The molecule has 2 aromatic rings. The Kier molecular flexibility index (Phi) is 5.21. The maximum absolute atomic E-state index is 12.4. The van der Waals surface area contributed by atoms with Crippen molar-refractivity contribution in [3.05, 3.63) is 64.7 Å². The van der Waals surface area contributed by atoms with Gasteiger partial charge < -0.3 is 10.1 Å². The summed E-state index contributed by atoms with van der Waals surface area (Å²) in [6.07, 6.45) is 0.836. The second-order valence-electron chi connectivity index (χ2n) is 5.51. The summed E-state index contributed by atoms with van der Waals surface area (Å²) in [7, 11) is 1.65. The van der Waals surface area contributed by atoms with Gasteiger partial charge in [0.1, 0.15) is 5.75 Å². The average Bonchev–Trinajstić information content (AvgIpc) is 2.55. The van der Waals surface area contributed by atoms with Crippen molar-refractivity contribution >= 4 is 5.91 Å². The maximum Gasteiger partial charge on any atom is 0.251 e. The number of carbonyl (C=O) groups is 1. The van der Waals surface area contributed by atoms with E-state index in [0.29, 0.717) is 5.56 Å². The fraction of sp³-hybridized carbons (Fsp3) is 0.316.